The van der Waals surface area contributed by atoms with Gasteiger partial charge in [-0.05, 0) is 42.0 Å². The van der Waals surface area contributed by atoms with Gasteiger partial charge in [0.15, 0.2) is 6.54 Å². The lowest BCUT2D eigenvalue weighted by atomic mass is 10.2. The summed E-state index contributed by atoms with van der Waals surface area (Å²) in [7, 11) is 6.04. The second-order valence-electron chi connectivity index (χ2n) is 6.89. The van der Waals surface area contributed by atoms with E-state index in [1.54, 1.807) is 6.08 Å². The SMILES string of the molecule is C=CCOc1ccc(C[NH+](C)CC(=O)NCc2ccc(N(C)C)cc2)cc1. The smallest absolute Gasteiger partial charge is 0.275 e. The van der Waals surface area contributed by atoms with Crippen molar-refractivity contribution in [2.24, 2.45) is 0 Å². The number of hydrogen-bond acceptors (Lipinski definition) is 3. The van der Waals surface area contributed by atoms with Gasteiger partial charge in [0.05, 0.1) is 7.05 Å². The van der Waals surface area contributed by atoms with Crippen LogP contribution in [0.2, 0.25) is 0 Å². The lowest BCUT2D eigenvalue weighted by Crippen LogP contribution is -3.08. The molecular weight excluding hydrogens is 338 g/mol. The largest absolute Gasteiger partial charge is 0.490 e. The first kappa shape index (κ1) is 20.5. The van der Waals surface area contributed by atoms with Crippen molar-refractivity contribution in [2.45, 2.75) is 13.1 Å². The van der Waals surface area contributed by atoms with Crippen LogP contribution in [0.15, 0.2) is 61.2 Å². The van der Waals surface area contributed by atoms with E-state index in [1.807, 2.05) is 57.5 Å². The molecule has 2 rings (SSSR count). The topological polar surface area (TPSA) is 46.0 Å². The Hall–Kier alpha value is -2.79. The zero-order chi connectivity index (χ0) is 19.6. The normalized spacial score (nSPS) is 11.5. The van der Waals surface area contributed by atoms with Crippen molar-refractivity contribution < 1.29 is 14.4 Å². The Morgan fingerprint density at radius 2 is 1.74 bits per heavy atom. The van der Waals surface area contributed by atoms with E-state index in [1.165, 1.54) is 5.56 Å². The summed E-state index contributed by atoms with van der Waals surface area (Å²) in [6.45, 7) is 5.91. The summed E-state index contributed by atoms with van der Waals surface area (Å²) in [6, 6.07) is 16.2. The molecule has 27 heavy (non-hydrogen) atoms. The number of anilines is 1. The fourth-order valence-electron chi connectivity index (χ4n) is 2.72. The van der Waals surface area contributed by atoms with Gasteiger partial charge in [0.2, 0.25) is 0 Å². The molecule has 0 heterocycles. The van der Waals surface area contributed by atoms with Crippen LogP contribution in [0.4, 0.5) is 5.69 Å². The van der Waals surface area contributed by atoms with E-state index in [4.69, 9.17) is 4.74 Å². The van der Waals surface area contributed by atoms with E-state index in [9.17, 15) is 4.79 Å². The van der Waals surface area contributed by atoms with E-state index in [2.05, 4.69) is 28.9 Å². The van der Waals surface area contributed by atoms with Gasteiger partial charge in [0.1, 0.15) is 18.9 Å². The molecule has 1 amide bonds. The highest BCUT2D eigenvalue weighted by Crippen LogP contribution is 2.12. The number of ether oxygens (including phenoxy) is 1. The predicted molar refractivity (Wildman–Crippen MR) is 110 cm³/mol. The summed E-state index contributed by atoms with van der Waals surface area (Å²) in [5, 5.41) is 2.99. The standard InChI is InChI=1S/C22H29N3O2/c1-5-14-27-21-12-8-19(9-13-21)16-25(4)17-22(26)23-15-18-6-10-20(11-7-18)24(2)3/h5-13H,1,14-17H2,2-4H3,(H,23,26)/p+1. The number of rotatable bonds is 10. The molecule has 1 atom stereocenters. The third-order valence-corrected chi connectivity index (χ3v) is 4.20. The van der Waals surface area contributed by atoms with Crippen molar-refractivity contribution >= 4 is 11.6 Å². The Balaban J connectivity index is 1.75. The van der Waals surface area contributed by atoms with Gasteiger partial charge in [-0.15, -0.1) is 0 Å². The Bertz CT molecular complexity index is 724. The van der Waals surface area contributed by atoms with Gasteiger partial charge in [-0.1, -0.05) is 24.8 Å². The molecule has 2 aromatic rings. The van der Waals surface area contributed by atoms with Gasteiger partial charge in [-0.25, -0.2) is 0 Å². The van der Waals surface area contributed by atoms with E-state index in [0.29, 0.717) is 19.7 Å². The number of benzene rings is 2. The van der Waals surface area contributed by atoms with Crippen molar-refractivity contribution in [1.82, 2.24) is 5.32 Å². The van der Waals surface area contributed by atoms with Crippen LogP contribution in [-0.2, 0) is 17.9 Å². The van der Waals surface area contributed by atoms with E-state index in [-0.39, 0.29) is 5.91 Å². The number of nitrogens with zero attached hydrogens (tertiary/aromatic N) is 1. The minimum atomic E-state index is 0.0510. The average molecular weight is 369 g/mol. The summed E-state index contributed by atoms with van der Waals surface area (Å²) in [6.07, 6.45) is 1.72. The summed E-state index contributed by atoms with van der Waals surface area (Å²) in [5.74, 6) is 0.879. The van der Waals surface area contributed by atoms with Crippen LogP contribution in [0.5, 0.6) is 5.75 Å². The molecule has 2 N–H and O–H groups in total. The third-order valence-electron chi connectivity index (χ3n) is 4.20. The van der Waals surface area contributed by atoms with Crippen molar-refractivity contribution in [2.75, 3.05) is 39.2 Å². The first-order valence-corrected chi connectivity index (χ1v) is 9.15. The molecule has 5 nitrogen and oxygen atoms in total. The Morgan fingerprint density at radius 1 is 1.11 bits per heavy atom. The number of carbonyl (C=O) groups is 1. The minimum Gasteiger partial charge on any atom is -0.490 e. The van der Waals surface area contributed by atoms with Gasteiger partial charge in [-0.3, -0.25) is 4.79 Å². The van der Waals surface area contributed by atoms with Gasteiger partial charge in [-0.2, -0.15) is 0 Å². The Morgan fingerprint density at radius 3 is 2.33 bits per heavy atom. The molecule has 0 bridgehead atoms. The summed E-state index contributed by atoms with van der Waals surface area (Å²) in [5.41, 5.74) is 3.42. The minimum absolute atomic E-state index is 0.0510. The summed E-state index contributed by atoms with van der Waals surface area (Å²) in [4.78, 5) is 15.4. The highest BCUT2D eigenvalue weighted by molar-refractivity contribution is 5.76. The lowest BCUT2D eigenvalue weighted by Gasteiger charge is -2.15. The van der Waals surface area contributed by atoms with Crippen molar-refractivity contribution in [3.05, 3.63) is 72.3 Å². The van der Waals surface area contributed by atoms with E-state index < -0.39 is 0 Å². The molecule has 1 unspecified atom stereocenters. The maximum absolute atomic E-state index is 12.2. The number of amides is 1. The molecule has 0 saturated carbocycles. The summed E-state index contributed by atoms with van der Waals surface area (Å²) >= 11 is 0. The fourth-order valence-corrected chi connectivity index (χ4v) is 2.72. The van der Waals surface area contributed by atoms with Gasteiger partial charge >= 0.3 is 0 Å². The highest BCUT2D eigenvalue weighted by Gasteiger charge is 2.10. The maximum Gasteiger partial charge on any atom is 0.275 e. The highest BCUT2D eigenvalue weighted by atomic mass is 16.5. The van der Waals surface area contributed by atoms with Gasteiger partial charge in [0.25, 0.3) is 5.91 Å². The molecule has 0 radical (unpaired) electrons. The first-order valence-electron chi connectivity index (χ1n) is 9.15. The van der Waals surface area contributed by atoms with Crippen molar-refractivity contribution in [3.63, 3.8) is 0 Å². The summed E-state index contributed by atoms with van der Waals surface area (Å²) < 4.78 is 5.48. The first-order chi connectivity index (χ1) is 13.0. The maximum atomic E-state index is 12.2. The third kappa shape index (κ3) is 7.15. The molecule has 0 aromatic heterocycles. The van der Waals surface area contributed by atoms with Crippen molar-refractivity contribution in [3.8, 4) is 5.75 Å². The van der Waals surface area contributed by atoms with Crippen LogP contribution in [0.1, 0.15) is 11.1 Å². The van der Waals surface area contributed by atoms with Gasteiger partial charge in [0, 0.05) is 31.9 Å². The lowest BCUT2D eigenvalue weighted by molar-refractivity contribution is -0.885. The van der Waals surface area contributed by atoms with Crippen LogP contribution in [0.25, 0.3) is 0 Å². The molecular formula is C22H30N3O2+. The molecule has 2 aromatic carbocycles. The molecule has 0 aliphatic rings. The molecule has 0 saturated heterocycles. The number of carbonyl (C=O) groups excluding carboxylic acids is 1. The van der Waals surface area contributed by atoms with E-state index >= 15 is 0 Å². The van der Waals surface area contributed by atoms with Crippen LogP contribution >= 0.6 is 0 Å². The number of likely N-dealkylation sites (N-methyl/N-ethyl adjacent to an activating group) is 1. The number of nitrogens with one attached hydrogen (secondary N) is 2. The van der Waals surface area contributed by atoms with Crippen LogP contribution in [-0.4, -0.2) is 40.2 Å². The van der Waals surface area contributed by atoms with Gasteiger partial charge < -0.3 is 19.9 Å². The molecule has 0 aliphatic heterocycles. The zero-order valence-corrected chi connectivity index (χ0v) is 16.5. The molecule has 0 aliphatic carbocycles. The fraction of sp³-hybridized carbons (Fsp3) is 0.318. The van der Waals surface area contributed by atoms with Crippen LogP contribution in [0, 0.1) is 0 Å². The second kappa shape index (κ2) is 10.4. The molecule has 0 fully saturated rings. The van der Waals surface area contributed by atoms with Crippen molar-refractivity contribution in [1.29, 1.82) is 0 Å². The zero-order valence-electron chi connectivity index (χ0n) is 16.5. The average Bonchev–Trinajstić information content (AvgIpc) is 2.66. The Kier molecular flexibility index (Phi) is 7.89. The second-order valence-corrected chi connectivity index (χ2v) is 6.89. The number of quaternary nitrogens is 1. The Labute approximate surface area is 162 Å². The van der Waals surface area contributed by atoms with Crippen LogP contribution < -0.4 is 19.9 Å². The molecule has 5 heteroatoms. The monoisotopic (exact) mass is 368 g/mol. The molecule has 0 spiro atoms. The van der Waals surface area contributed by atoms with E-state index in [0.717, 1.165) is 28.4 Å². The number of hydrogen-bond donors (Lipinski definition) is 2. The predicted octanol–water partition coefficient (Wildman–Crippen LogP) is 1.65. The van der Waals surface area contributed by atoms with Crippen LogP contribution in [0.3, 0.4) is 0 Å². The quantitative estimate of drug-likeness (QED) is 0.627. The molecule has 144 valence electrons.